The van der Waals surface area contributed by atoms with Gasteiger partial charge in [-0.1, -0.05) is 27.2 Å². The van der Waals surface area contributed by atoms with Gasteiger partial charge in [0.2, 0.25) is 0 Å². The average molecular weight is 267 g/mol. The first-order valence-corrected chi connectivity index (χ1v) is 5.85. The third-order valence-corrected chi connectivity index (χ3v) is 2.38. The molecule has 15 heavy (non-hydrogen) atoms. The zero-order valence-electron chi connectivity index (χ0n) is 8.17. The summed E-state index contributed by atoms with van der Waals surface area (Å²) in [6, 6.07) is 5.85. The summed E-state index contributed by atoms with van der Waals surface area (Å²) in [5.41, 5.74) is 2.00. The van der Waals surface area contributed by atoms with Crippen LogP contribution >= 0.6 is 15.9 Å². The predicted octanol–water partition coefficient (Wildman–Crippen LogP) is 1.66. The van der Waals surface area contributed by atoms with E-state index in [9.17, 15) is 0 Å². The molecule has 0 amide bonds. The molecule has 2 heterocycles. The Morgan fingerprint density at radius 2 is 2.20 bits per heavy atom. The summed E-state index contributed by atoms with van der Waals surface area (Å²) in [4.78, 5) is 4.23. The molecule has 0 saturated heterocycles. The van der Waals surface area contributed by atoms with Gasteiger partial charge >= 0.3 is 0 Å². The fourth-order valence-electron chi connectivity index (χ4n) is 1.28. The Kier molecular flexibility index (Phi) is 3.45. The molecule has 0 aliphatic heterocycles. The van der Waals surface area contributed by atoms with Crippen LogP contribution in [-0.4, -0.2) is 25.3 Å². The molecular formula is C10H11BrN4. The summed E-state index contributed by atoms with van der Waals surface area (Å²) in [5.74, 6) is 0. The van der Waals surface area contributed by atoms with Gasteiger partial charge in [0.25, 0.3) is 0 Å². The van der Waals surface area contributed by atoms with E-state index in [1.54, 1.807) is 10.9 Å². The molecule has 4 nitrogen and oxygen atoms in total. The summed E-state index contributed by atoms with van der Waals surface area (Å²) >= 11 is 3.37. The minimum absolute atomic E-state index is 0.677. The molecule has 0 unspecified atom stereocenters. The van der Waals surface area contributed by atoms with Gasteiger partial charge in [0, 0.05) is 24.1 Å². The van der Waals surface area contributed by atoms with Crippen LogP contribution in [0.5, 0.6) is 0 Å². The highest BCUT2D eigenvalue weighted by Gasteiger charge is 2.00. The highest BCUT2D eigenvalue weighted by Crippen LogP contribution is 2.00. The van der Waals surface area contributed by atoms with Gasteiger partial charge in [0.15, 0.2) is 0 Å². The molecule has 0 N–H and O–H groups in total. The second kappa shape index (κ2) is 5.02. The summed E-state index contributed by atoms with van der Waals surface area (Å²) in [6.45, 7) is 0.677. The Morgan fingerprint density at radius 1 is 1.27 bits per heavy atom. The van der Waals surface area contributed by atoms with Gasteiger partial charge < -0.3 is 0 Å². The lowest BCUT2D eigenvalue weighted by molar-refractivity contribution is 0.638. The van der Waals surface area contributed by atoms with Crippen molar-refractivity contribution in [3.63, 3.8) is 0 Å². The first kappa shape index (κ1) is 10.3. The van der Waals surface area contributed by atoms with Gasteiger partial charge in [0.1, 0.15) is 0 Å². The maximum Gasteiger partial charge on any atom is 0.0849 e. The van der Waals surface area contributed by atoms with Crippen molar-refractivity contribution in [2.75, 3.05) is 5.33 Å². The van der Waals surface area contributed by atoms with Gasteiger partial charge in [-0.2, -0.15) is 0 Å². The summed E-state index contributed by atoms with van der Waals surface area (Å²) < 4.78 is 1.81. The SMILES string of the molecule is BrCCc1cn(Cc2ccccn2)nn1. The zero-order chi connectivity index (χ0) is 10.5. The van der Waals surface area contributed by atoms with Crippen LogP contribution in [0.25, 0.3) is 0 Å². The molecule has 0 radical (unpaired) electrons. The number of aryl methyl sites for hydroxylation is 1. The lowest BCUT2D eigenvalue weighted by atomic mass is 10.3. The van der Waals surface area contributed by atoms with Crippen LogP contribution in [0.4, 0.5) is 0 Å². The van der Waals surface area contributed by atoms with Crippen molar-refractivity contribution in [3.05, 3.63) is 42.0 Å². The van der Waals surface area contributed by atoms with E-state index in [0.717, 1.165) is 23.1 Å². The Morgan fingerprint density at radius 3 is 2.93 bits per heavy atom. The number of pyridine rings is 1. The van der Waals surface area contributed by atoms with E-state index in [2.05, 4.69) is 31.2 Å². The molecule has 2 aromatic heterocycles. The van der Waals surface area contributed by atoms with Crippen molar-refractivity contribution in [2.45, 2.75) is 13.0 Å². The number of alkyl halides is 1. The summed E-state index contributed by atoms with van der Waals surface area (Å²) in [6.07, 6.45) is 4.64. The standard InChI is InChI=1S/C10H11BrN4/c11-5-4-10-8-15(14-13-10)7-9-3-1-2-6-12-9/h1-3,6,8H,4-5,7H2. The number of hydrogen-bond acceptors (Lipinski definition) is 3. The fraction of sp³-hybridized carbons (Fsp3) is 0.300. The minimum atomic E-state index is 0.677. The average Bonchev–Trinajstić information content (AvgIpc) is 2.68. The van der Waals surface area contributed by atoms with E-state index in [4.69, 9.17) is 0 Å². The minimum Gasteiger partial charge on any atom is -0.259 e. The second-order valence-corrected chi connectivity index (χ2v) is 3.96. The third-order valence-electron chi connectivity index (χ3n) is 1.99. The fourth-order valence-corrected chi connectivity index (χ4v) is 1.69. The molecule has 2 rings (SSSR count). The number of halogens is 1. The van der Waals surface area contributed by atoms with E-state index < -0.39 is 0 Å². The molecule has 0 saturated carbocycles. The first-order valence-electron chi connectivity index (χ1n) is 4.73. The normalized spacial score (nSPS) is 10.5. The van der Waals surface area contributed by atoms with Crippen molar-refractivity contribution < 1.29 is 0 Å². The van der Waals surface area contributed by atoms with E-state index >= 15 is 0 Å². The summed E-state index contributed by atoms with van der Waals surface area (Å²) in [7, 11) is 0. The highest BCUT2D eigenvalue weighted by atomic mass is 79.9. The molecule has 0 bridgehead atoms. The molecule has 0 atom stereocenters. The first-order chi connectivity index (χ1) is 7.38. The van der Waals surface area contributed by atoms with Crippen LogP contribution in [0.1, 0.15) is 11.4 Å². The monoisotopic (exact) mass is 266 g/mol. The molecule has 0 fully saturated rings. The van der Waals surface area contributed by atoms with Crippen LogP contribution in [0.15, 0.2) is 30.6 Å². The summed E-state index contributed by atoms with van der Waals surface area (Å²) in [5, 5.41) is 9.01. The number of rotatable bonds is 4. The van der Waals surface area contributed by atoms with E-state index in [1.807, 2.05) is 24.4 Å². The van der Waals surface area contributed by atoms with E-state index in [0.29, 0.717) is 6.54 Å². The van der Waals surface area contributed by atoms with Crippen molar-refractivity contribution in [1.29, 1.82) is 0 Å². The lowest BCUT2D eigenvalue weighted by Gasteiger charge is -1.98. The van der Waals surface area contributed by atoms with Crippen molar-refractivity contribution in [3.8, 4) is 0 Å². The molecule has 0 aliphatic carbocycles. The number of nitrogens with zero attached hydrogens (tertiary/aromatic N) is 4. The molecule has 5 heteroatoms. The molecule has 0 aliphatic rings. The van der Waals surface area contributed by atoms with Crippen LogP contribution in [0.3, 0.4) is 0 Å². The maximum atomic E-state index is 4.23. The second-order valence-electron chi connectivity index (χ2n) is 3.17. The van der Waals surface area contributed by atoms with Gasteiger partial charge in [-0.05, 0) is 12.1 Å². The molecule has 2 aromatic rings. The Balaban J connectivity index is 2.05. The quantitative estimate of drug-likeness (QED) is 0.791. The topological polar surface area (TPSA) is 43.6 Å². The smallest absolute Gasteiger partial charge is 0.0849 e. The molecular weight excluding hydrogens is 256 g/mol. The lowest BCUT2D eigenvalue weighted by Crippen LogP contribution is -2.01. The van der Waals surface area contributed by atoms with Crippen LogP contribution in [-0.2, 0) is 13.0 Å². The van der Waals surface area contributed by atoms with E-state index in [1.165, 1.54) is 0 Å². The highest BCUT2D eigenvalue weighted by molar-refractivity contribution is 9.09. The Hall–Kier alpha value is -1.23. The van der Waals surface area contributed by atoms with Gasteiger partial charge in [-0.15, -0.1) is 5.10 Å². The predicted molar refractivity (Wildman–Crippen MR) is 60.9 cm³/mol. The Bertz CT molecular complexity index is 412. The van der Waals surface area contributed by atoms with Crippen LogP contribution in [0, 0.1) is 0 Å². The van der Waals surface area contributed by atoms with Crippen LogP contribution < -0.4 is 0 Å². The molecule has 0 spiro atoms. The Labute approximate surface area is 96.5 Å². The third kappa shape index (κ3) is 2.86. The largest absolute Gasteiger partial charge is 0.259 e. The van der Waals surface area contributed by atoms with Gasteiger partial charge in [-0.25, -0.2) is 4.68 Å². The van der Waals surface area contributed by atoms with E-state index in [-0.39, 0.29) is 0 Å². The van der Waals surface area contributed by atoms with Crippen LogP contribution in [0.2, 0.25) is 0 Å². The number of hydrogen-bond donors (Lipinski definition) is 0. The van der Waals surface area contributed by atoms with Crippen molar-refractivity contribution >= 4 is 15.9 Å². The number of aromatic nitrogens is 4. The molecule has 78 valence electrons. The van der Waals surface area contributed by atoms with Gasteiger partial charge in [-0.3, -0.25) is 4.98 Å². The van der Waals surface area contributed by atoms with Crippen molar-refractivity contribution in [1.82, 2.24) is 20.0 Å². The molecule has 0 aromatic carbocycles. The van der Waals surface area contributed by atoms with Gasteiger partial charge in [0.05, 0.1) is 17.9 Å². The van der Waals surface area contributed by atoms with Crippen molar-refractivity contribution in [2.24, 2.45) is 0 Å². The zero-order valence-corrected chi connectivity index (χ0v) is 9.76. The maximum absolute atomic E-state index is 4.23.